The van der Waals surface area contributed by atoms with Gasteiger partial charge in [-0.15, -0.1) is 0 Å². The van der Waals surface area contributed by atoms with E-state index in [4.69, 9.17) is 0 Å². The third-order valence-corrected chi connectivity index (χ3v) is 3.49. The van der Waals surface area contributed by atoms with Crippen molar-refractivity contribution in [3.05, 3.63) is 48.3 Å². The van der Waals surface area contributed by atoms with Gasteiger partial charge in [-0.05, 0) is 25.0 Å². The molecule has 0 saturated heterocycles. The number of nitrogens with one attached hydrogen (secondary N) is 1. The van der Waals surface area contributed by atoms with Gasteiger partial charge in [0.15, 0.2) is 0 Å². The molecule has 2 atom stereocenters. The molecule has 0 saturated carbocycles. The van der Waals surface area contributed by atoms with E-state index in [0.29, 0.717) is 0 Å². The van der Waals surface area contributed by atoms with Crippen molar-refractivity contribution in [2.24, 2.45) is 5.92 Å². The third-order valence-electron chi connectivity index (χ3n) is 3.49. The molecule has 0 aliphatic heterocycles. The van der Waals surface area contributed by atoms with Crippen molar-refractivity contribution in [1.82, 2.24) is 15.1 Å². The van der Waals surface area contributed by atoms with Gasteiger partial charge in [0.25, 0.3) is 0 Å². The van der Waals surface area contributed by atoms with Crippen molar-refractivity contribution < 1.29 is 9.90 Å². The van der Waals surface area contributed by atoms with Gasteiger partial charge in [-0.3, -0.25) is 10.1 Å². The first-order valence-corrected chi connectivity index (χ1v) is 7.08. The van der Waals surface area contributed by atoms with Crippen LogP contribution in [0.25, 0.3) is 5.69 Å². The van der Waals surface area contributed by atoms with Crippen LogP contribution in [0.4, 0.5) is 0 Å². The van der Waals surface area contributed by atoms with Crippen LogP contribution in [0.2, 0.25) is 0 Å². The first-order valence-electron chi connectivity index (χ1n) is 7.08. The molecule has 0 bridgehead atoms. The van der Waals surface area contributed by atoms with Crippen LogP contribution in [0.1, 0.15) is 32.4 Å². The molecule has 0 aliphatic carbocycles. The normalized spacial score (nSPS) is 14.1. The lowest BCUT2D eigenvalue weighted by molar-refractivity contribution is -0.140. The fourth-order valence-electron chi connectivity index (χ4n) is 2.20. The number of para-hydroxylation sites is 1. The summed E-state index contributed by atoms with van der Waals surface area (Å²) in [6.07, 6.45) is 3.69. The van der Waals surface area contributed by atoms with E-state index < -0.39 is 12.0 Å². The second-order valence-electron chi connectivity index (χ2n) is 5.50. The number of nitrogens with zero attached hydrogens (tertiary/aromatic N) is 2. The van der Waals surface area contributed by atoms with E-state index in [0.717, 1.165) is 11.3 Å². The topological polar surface area (TPSA) is 67.2 Å². The summed E-state index contributed by atoms with van der Waals surface area (Å²) in [5.41, 5.74) is 1.94. The van der Waals surface area contributed by atoms with E-state index in [1.54, 1.807) is 10.9 Å². The number of rotatable bonds is 6. The second kappa shape index (κ2) is 6.54. The average Bonchev–Trinajstić information content (AvgIpc) is 2.94. The van der Waals surface area contributed by atoms with Crippen LogP contribution in [0.15, 0.2) is 42.7 Å². The number of carboxylic acid groups (broad SMARTS) is 1. The number of aromatic nitrogens is 2. The minimum absolute atomic E-state index is 0.0223. The standard InChI is InChI=1S/C16H21N3O2/c1-11(2)15(16(20)21)18-12(3)13-9-17-19(10-13)14-7-5-4-6-8-14/h4-12,15,18H,1-3H3,(H,20,21). The first-order chi connectivity index (χ1) is 9.99. The second-order valence-corrected chi connectivity index (χ2v) is 5.50. The van der Waals surface area contributed by atoms with Crippen LogP contribution in [0.3, 0.4) is 0 Å². The summed E-state index contributed by atoms with van der Waals surface area (Å²) in [6.45, 7) is 5.74. The fourth-order valence-corrected chi connectivity index (χ4v) is 2.20. The van der Waals surface area contributed by atoms with E-state index in [1.807, 2.05) is 57.3 Å². The lowest BCUT2D eigenvalue weighted by atomic mass is 10.0. The fraction of sp³-hybridized carbons (Fsp3) is 0.375. The van der Waals surface area contributed by atoms with Crippen LogP contribution in [-0.4, -0.2) is 26.9 Å². The van der Waals surface area contributed by atoms with Crippen molar-refractivity contribution in [1.29, 1.82) is 0 Å². The Kier molecular flexibility index (Phi) is 4.75. The number of hydrogen-bond acceptors (Lipinski definition) is 3. The highest BCUT2D eigenvalue weighted by atomic mass is 16.4. The summed E-state index contributed by atoms with van der Waals surface area (Å²) in [7, 11) is 0. The summed E-state index contributed by atoms with van der Waals surface area (Å²) < 4.78 is 1.79. The Bertz CT molecular complexity index is 593. The summed E-state index contributed by atoms with van der Waals surface area (Å²) in [5.74, 6) is -0.804. The van der Waals surface area contributed by atoms with Gasteiger partial charge in [-0.1, -0.05) is 32.0 Å². The molecule has 5 nitrogen and oxygen atoms in total. The predicted molar refractivity (Wildman–Crippen MR) is 81.4 cm³/mol. The van der Waals surface area contributed by atoms with Crippen LogP contribution in [0.5, 0.6) is 0 Å². The molecule has 0 spiro atoms. The maximum Gasteiger partial charge on any atom is 0.320 e. The molecule has 1 aromatic heterocycles. The Labute approximate surface area is 124 Å². The Morgan fingerprint density at radius 1 is 1.24 bits per heavy atom. The van der Waals surface area contributed by atoms with Gasteiger partial charge in [0.2, 0.25) is 0 Å². The van der Waals surface area contributed by atoms with Gasteiger partial charge >= 0.3 is 5.97 Å². The molecule has 112 valence electrons. The van der Waals surface area contributed by atoms with E-state index in [9.17, 15) is 9.90 Å². The highest BCUT2D eigenvalue weighted by Crippen LogP contribution is 2.16. The van der Waals surface area contributed by atoms with Gasteiger partial charge in [0.05, 0.1) is 11.9 Å². The lowest BCUT2D eigenvalue weighted by Crippen LogP contribution is -2.42. The predicted octanol–water partition coefficient (Wildman–Crippen LogP) is 2.63. The molecule has 5 heteroatoms. The number of hydrogen-bond donors (Lipinski definition) is 2. The Hall–Kier alpha value is -2.14. The van der Waals surface area contributed by atoms with E-state index in [-0.39, 0.29) is 12.0 Å². The monoisotopic (exact) mass is 287 g/mol. The van der Waals surface area contributed by atoms with Crippen LogP contribution in [-0.2, 0) is 4.79 Å². The quantitative estimate of drug-likeness (QED) is 0.857. The van der Waals surface area contributed by atoms with Gasteiger partial charge in [0.1, 0.15) is 6.04 Å². The zero-order valence-electron chi connectivity index (χ0n) is 12.5. The molecule has 2 aromatic rings. The van der Waals surface area contributed by atoms with Gasteiger partial charge in [-0.25, -0.2) is 4.68 Å². The number of aliphatic carboxylic acids is 1. The number of carbonyl (C=O) groups is 1. The minimum Gasteiger partial charge on any atom is -0.480 e. The van der Waals surface area contributed by atoms with Crippen molar-refractivity contribution in [2.75, 3.05) is 0 Å². The van der Waals surface area contributed by atoms with E-state index in [2.05, 4.69) is 10.4 Å². The SMILES string of the molecule is CC(NC(C(=O)O)C(C)C)c1cnn(-c2ccccc2)c1. The molecule has 2 unspecified atom stereocenters. The highest BCUT2D eigenvalue weighted by Gasteiger charge is 2.23. The summed E-state index contributed by atoms with van der Waals surface area (Å²) in [6, 6.07) is 9.17. The molecular formula is C16H21N3O2. The summed E-state index contributed by atoms with van der Waals surface area (Å²) >= 11 is 0. The minimum atomic E-state index is -0.827. The third kappa shape index (κ3) is 3.70. The lowest BCUT2D eigenvalue weighted by Gasteiger charge is -2.22. The molecule has 21 heavy (non-hydrogen) atoms. The first kappa shape index (κ1) is 15.3. The smallest absolute Gasteiger partial charge is 0.320 e. The molecule has 2 rings (SSSR count). The van der Waals surface area contributed by atoms with Crippen molar-refractivity contribution in [2.45, 2.75) is 32.9 Å². The highest BCUT2D eigenvalue weighted by molar-refractivity contribution is 5.73. The molecule has 1 aromatic carbocycles. The summed E-state index contributed by atoms with van der Waals surface area (Å²) in [4.78, 5) is 11.3. The average molecular weight is 287 g/mol. The van der Waals surface area contributed by atoms with Gasteiger partial charge in [-0.2, -0.15) is 5.10 Å². The maximum atomic E-state index is 11.3. The summed E-state index contributed by atoms with van der Waals surface area (Å²) in [5, 5.41) is 16.7. The van der Waals surface area contributed by atoms with Gasteiger partial charge in [0, 0.05) is 17.8 Å². The van der Waals surface area contributed by atoms with Crippen LogP contribution in [0, 0.1) is 5.92 Å². The molecule has 0 radical (unpaired) electrons. The zero-order chi connectivity index (χ0) is 15.4. The van der Waals surface area contributed by atoms with Gasteiger partial charge < -0.3 is 5.11 Å². The number of carboxylic acids is 1. The maximum absolute atomic E-state index is 11.3. The number of benzene rings is 1. The Morgan fingerprint density at radius 3 is 2.48 bits per heavy atom. The van der Waals surface area contributed by atoms with Crippen LogP contribution < -0.4 is 5.32 Å². The Morgan fingerprint density at radius 2 is 1.90 bits per heavy atom. The zero-order valence-corrected chi connectivity index (χ0v) is 12.5. The van der Waals surface area contributed by atoms with Crippen molar-refractivity contribution in [3.63, 3.8) is 0 Å². The molecule has 2 N–H and O–H groups in total. The molecule has 0 aliphatic rings. The van der Waals surface area contributed by atoms with E-state index in [1.165, 1.54) is 0 Å². The van der Waals surface area contributed by atoms with E-state index >= 15 is 0 Å². The van der Waals surface area contributed by atoms with Crippen molar-refractivity contribution >= 4 is 5.97 Å². The van der Waals surface area contributed by atoms with Crippen LogP contribution >= 0.6 is 0 Å². The molecule has 0 fully saturated rings. The van der Waals surface area contributed by atoms with Crippen molar-refractivity contribution in [3.8, 4) is 5.69 Å². The molecule has 1 heterocycles. The Balaban J connectivity index is 2.12. The molecule has 0 amide bonds. The largest absolute Gasteiger partial charge is 0.480 e. The molecular weight excluding hydrogens is 266 g/mol.